The summed E-state index contributed by atoms with van der Waals surface area (Å²) in [5.74, 6) is -0.318. The van der Waals surface area contributed by atoms with E-state index < -0.39 is 20.2 Å². The Bertz CT molecular complexity index is 997. The van der Waals surface area contributed by atoms with Gasteiger partial charge in [-0.05, 0) is 31.0 Å². The van der Waals surface area contributed by atoms with Gasteiger partial charge in [0.2, 0.25) is 10.0 Å². The number of carbonyl (C=O) groups excluding carboxylic acids is 1. The number of nitrogens with zero attached hydrogens (tertiary/aromatic N) is 3. The molecule has 10 nitrogen and oxygen atoms in total. The Morgan fingerprint density at radius 3 is 2.41 bits per heavy atom. The minimum atomic E-state index is -3.77. The van der Waals surface area contributed by atoms with Crippen LogP contribution in [-0.2, 0) is 25.0 Å². The van der Waals surface area contributed by atoms with Crippen molar-refractivity contribution >= 4 is 26.1 Å². The molecule has 12 heteroatoms. The highest BCUT2D eigenvalue weighted by molar-refractivity contribution is 7.89. The maximum Gasteiger partial charge on any atom is 0.282 e. The SMILES string of the molecule is CCN(CC)S(=O)(=O)N1CCN(C(=O)c2cccc(S(=O)(=O)NCC3CCCO3)c2)CC1. The molecule has 2 heterocycles. The summed E-state index contributed by atoms with van der Waals surface area (Å²) in [7, 11) is -7.32. The van der Waals surface area contributed by atoms with Gasteiger partial charge in [-0.3, -0.25) is 4.79 Å². The van der Waals surface area contributed by atoms with Crippen LogP contribution in [0.3, 0.4) is 0 Å². The fraction of sp³-hybridized carbons (Fsp3) is 0.650. The van der Waals surface area contributed by atoms with Crippen LogP contribution < -0.4 is 4.72 Å². The predicted molar refractivity (Wildman–Crippen MR) is 120 cm³/mol. The molecule has 1 amide bonds. The maximum absolute atomic E-state index is 13.0. The Morgan fingerprint density at radius 1 is 1.12 bits per heavy atom. The van der Waals surface area contributed by atoms with Crippen molar-refractivity contribution < 1.29 is 26.4 Å². The molecule has 0 bridgehead atoms. The predicted octanol–water partition coefficient (Wildman–Crippen LogP) is 0.488. The van der Waals surface area contributed by atoms with Crippen LogP contribution in [0, 0.1) is 0 Å². The van der Waals surface area contributed by atoms with E-state index in [2.05, 4.69) is 4.72 Å². The van der Waals surface area contributed by atoms with E-state index in [0.717, 1.165) is 12.8 Å². The second-order valence-corrected chi connectivity index (χ2v) is 11.5. The fourth-order valence-corrected chi connectivity index (χ4v) is 6.62. The Labute approximate surface area is 190 Å². The smallest absolute Gasteiger partial charge is 0.282 e. The van der Waals surface area contributed by atoms with E-state index in [9.17, 15) is 21.6 Å². The molecule has 32 heavy (non-hydrogen) atoms. The van der Waals surface area contributed by atoms with Gasteiger partial charge in [-0.25, -0.2) is 13.1 Å². The molecule has 3 rings (SSSR count). The van der Waals surface area contributed by atoms with Crippen LogP contribution in [0.4, 0.5) is 0 Å². The molecular formula is C20H32N4O6S2. The van der Waals surface area contributed by atoms with Crippen molar-refractivity contribution in [2.45, 2.75) is 37.7 Å². The zero-order chi connectivity index (χ0) is 23.4. The Balaban J connectivity index is 1.64. The summed E-state index contributed by atoms with van der Waals surface area (Å²) in [6.45, 7) is 6.08. The van der Waals surface area contributed by atoms with Gasteiger partial charge < -0.3 is 9.64 Å². The first-order chi connectivity index (χ1) is 15.2. The van der Waals surface area contributed by atoms with E-state index in [0.29, 0.717) is 19.7 Å². The number of rotatable bonds is 9. The summed E-state index contributed by atoms with van der Waals surface area (Å²) in [5.41, 5.74) is 0.255. The van der Waals surface area contributed by atoms with Crippen LogP contribution in [0.1, 0.15) is 37.0 Å². The molecule has 2 fully saturated rings. The van der Waals surface area contributed by atoms with Gasteiger partial charge in [-0.15, -0.1) is 0 Å². The molecule has 0 spiro atoms. The topological polar surface area (TPSA) is 116 Å². The Morgan fingerprint density at radius 2 is 1.81 bits per heavy atom. The molecule has 2 aliphatic rings. The van der Waals surface area contributed by atoms with Crippen molar-refractivity contribution in [2.75, 3.05) is 52.4 Å². The molecule has 0 saturated carbocycles. The average molecular weight is 489 g/mol. The number of hydrogen-bond donors (Lipinski definition) is 1. The van der Waals surface area contributed by atoms with Crippen molar-refractivity contribution in [3.8, 4) is 0 Å². The average Bonchev–Trinajstić information content (AvgIpc) is 3.32. The molecule has 2 aliphatic heterocycles. The van der Waals surface area contributed by atoms with Crippen molar-refractivity contribution in [2.24, 2.45) is 0 Å². The zero-order valence-corrected chi connectivity index (χ0v) is 20.2. The Hall–Kier alpha value is -1.57. The number of hydrogen-bond acceptors (Lipinski definition) is 6. The number of sulfonamides is 1. The van der Waals surface area contributed by atoms with Gasteiger partial charge in [0.05, 0.1) is 11.0 Å². The number of nitrogens with one attached hydrogen (secondary N) is 1. The summed E-state index contributed by atoms with van der Waals surface area (Å²) in [5, 5.41) is 0. The van der Waals surface area contributed by atoms with Crippen LogP contribution >= 0.6 is 0 Å². The highest BCUT2D eigenvalue weighted by Crippen LogP contribution is 2.18. The molecule has 1 unspecified atom stereocenters. The fourth-order valence-electron chi connectivity index (χ4n) is 3.91. The first-order valence-corrected chi connectivity index (χ1v) is 13.8. The molecule has 1 atom stereocenters. The summed E-state index contributed by atoms with van der Waals surface area (Å²) in [6.07, 6.45) is 1.61. The van der Waals surface area contributed by atoms with Crippen molar-refractivity contribution in [1.29, 1.82) is 0 Å². The van der Waals surface area contributed by atoms with Gasteiger partial charge in [0, 0.05) is 58.0 Å². The van der Waals surface area contributed by atoms with Crippen molar-refractivity contribution in [1.82, 2.24) is 18.2 Å². The van der Waals surface area contributed by atoms with E-state index in [1.165, 1.54) is 26.8 Å². The van der Waals surface area contributed by atoms with Crippen LogP contribution in [0.15, 0.2) is 29.2 Å². The molecule has 0 aromatic heterocycles. The lowest BCUT2D eigenvalue weighted by molar-refractivity contribution is 0.0694. The lowest BCUT2D eigenvalue weighted by Crippen LogP contribution is -2.54. The number of piperazine rings is 1. The van der Waals surface area contributed by atoms with E-state index in [4.69, 9.17) is 4.74 Å². The number of benzene rings is 1. The summed E-state index contributed by atoms with van der Waals surface area (Å²) < 4.78 is 61.4. The highest BCUT2D eigenvalue weighted by Gasteiger charge is 2.32. The third-order valence-corrected chi connectivity index (χ3v) is 9.41. The zero-order valence-electron chi connectivity index (χ0n) is 18.6. The first-order valence-electron chi connectivity index (χ1n) is 10.9. The molecule has 1 aromatic carbocycles. The summed E-state index contributed by atoms with van der Waals surface area (Å²) in [4.78, 5) is 14.5. The largest absolute Gasteiger partial charge is 0.377 e. The van der Waals surface area contributed by atoms with Crippen LogP contribution in [-0.4, -0.2) is 94.8 Å². The minimum Gasteiger partial charge on any atom is -0.377 e. The summed E-state index contributed by atoms with van der Waals surface area (Å²) >= 11 is 0. The molecular weight excluding hydrogens is 456 g/mol. The second-order valence-electron chi connectivity index (χ2n) is 7.80. The quantitative estimate of drug-likeness (QED) is 0.541. The lowest BCUT2D eigenvalue weighted by atomic mass is 10.2. The molecule has 1 N–H and O–H groups in total. The molecule has 0 aliphatic carbocycles. The van der Waals surface area contributed by atoms with E-state index in [1.54, 1.807) is 24.8 Å². The molecule has 180 valence electrons. The lowest BCUT2D eigenvalue weighted by Gasteiger charge is -2.36. The highest BCUT2D eigenvalue weighted by atomic mass is 32.2. The van der Waals surface area contributed by atoms with E-state index >= 15 is 0 Å². The second kappa shape index (κ2) is 10.6. The number of ether oxygens (including phenoxy) is 1. The van der Waals surface area contributed by atoms with Gasteiger partial charge in [0.15, 0.2) is 0 Å². The Kier molecular flexibility index (Phi) is 8.28. The molecule has 1 aromatic rings. The molecule has 0 radical (unpaired) electrons. The third-order valence-electron chi connectivity index (χ3n) is 5.80. The number of carbonyl (C=O) groups is 1. The van der Waals surface area contributed by atoms with Crippen molar-refractivity contribution in [3.63, 3.8) is 0 Å². The first kappa shape index (κ1) is 25.1. The summed E-state index contributed by atoms with van der Waals surface area (Å²) in [6, 6.07) is 5.91. The van der Waals surface area contributed by atoms with E-state index in [-0.39, 0.29) is 55.2 Å². The van der Waals surface area contributed by atoms with Gasteiger partial charge in [-0.2, -0.15) is 17.0 Å². The van der Waals surface area contributed by atoms with Crippen LogP contribution in [0.5, 0.6) is 0 Å². The van der Waals surface area contributed by atoms with Gasteiger partial charge in [0.25, 0.3) is 16.1 Å². The van der Waals surface area contributed by atoms with Crippen LogP contribution in [0.2, 0.25) is 0 Å². The van der Waals surface area contributed by atoms with Gasteiger partial charge in [-0.1, -0.05) is 19.9 Å². The van der Waals surface area contributed by atoms with Gasteiger partial charge >= 0.3 is 0 Å². The normalized spacial score (nSPS) is 20.7. The maximum atomic E-state index is 13.0. The van der Waals surface area contributed by atoms with E-state index in [1.807, 2.05) is 0 Å². The third kappa shape index (κ3) is 5.67. The van der Waals surface area contributed by atoms with Crippen LogP contribution in [0.25, 0.3) is 0 Å². The minimum absolute atomic E-state index is 0.0177. The van der Waals surface area contributed by atoms with Gasteiger partial charge in [0.1, 0.15) is 0 Å². The van der Waals surface area contributed by atoms with Crippen molar-refractivity contribution in [3.05, 3.63) is 29.8 Å². The molecule has 2 saturated heterocycles. The monoisotopic (exact) mass is 488 g/mol. The number of amides is 1. The standard InChI is InChI=1S/C20H32N4O6S2/c1-3-23(4-2)32(28,29)24-12-10-22(11-13-24)20(25)17-7-5-9-19(15-17)31(26,27)21-16-18-8-6-14-30-18/h5,7,9,15,18,21H,3-4,6,8,10-14,16H2,1-2H3.